The second kappa shape index (κ2) is 10.7. The molecule has 1 atom stereocenters. The van der Waals surface area contributed by atoms with Crippen molar-refractivity contribution >= 4 is 23.4 Å². The van der Waals surface area contributed by atoms with Crippen LogP contribution in [0.2, 0.25) is 0 Å². The Morgan fingerprint density at radius 2 is 1.45 bits per heavy atom. The molecule has 8 nitrogen and oxygen atoms in total. The molecule has 0 aliphatic carbocycles. The molecule has 8 heteroatoms. The van der Waals surface area contributed by atoms with E-state index in [-0.39, 0.29) is 30.8 Å². The first-order valence-corrected chi connectivity index (χ1v) is 9.70. The highest BCUT2D eigenvalue weighted by Gasteiger charge is 2.12. The molecule has 1 unspecified atom stereocenters. The normalized spacial score (nSPS) is 11.3. The van der Waals surface area contributed by atoms with Gasteiger partial charge in [0.15, 0.2) is 0 Å². The monoisotopic (exact) mass is 417 g/mol. The molecule has 31 heavy (non-hydrogen) atoms. The van der Waals surface area contributed by atoms with Gasteiger partial charge in [-0.05, 0) is 42.0 Å². The lowest BCUT2D eigenvalue weighted by atomic mass is 10.0. The van der Waals surface area contributed by atoms with Crippen LogP contribution in [0.4, 0.5) is 5.69 Å². The topological polar surface area (TPSA) is 126 Å². The number of carbonyl (C=O) groups is 3. The van der Waals surface area contributed by atoms with Gasteiger partial charge in [0.1, 0.15) is 0 Å². The van der Waals surface area contributed by atoms with Crippen molar-refractivity contribution in [3.05, 3.63) is 95.8 Å². The molecule has 1 aromatic heterocycles. The number of nitrogens with one attached hydrogen (secondary N) is 3. The van der Waals surface area contributed by atoms with Crippen molar-refractivity contribution in [2.45, 2.75) is 6.04 Å². The third-order valence-electron chi connectivity index (χ3n) is 4.50. The fraction of sp³-hybridized carbons (Fsp3) is 0.130. The van der Waals surface area contributed by atoms with Crippen molar-refractivity contribution in [3.8, 4) is 0 Å². The molecule has 0 spiro atoms. The minimum absolute atomic E-state index is 0.144. The van der Waals surface area contributed by atoms with Crippen LogP contribution >= 0.6 is 0 Å². The van der Waals surface area contributed by atoms with E-state index in [0.717, 1.165) is 5.56 Å². The molecule has 0 saturated heterocycles. The first-order chi connectivity index (χ1) is 15.0. The van der Waals surface area contributed by atoms with Gasteiger partial charge in [-0.25, -0.2) is 0 Å². The first-order valence-electron chi connectivity index (χ1n) is 9.70. The van der Waals surface area contributed by atoms with Crippen LogP contribution < -0.4 is 21.7 Å². The van der Waals surface area contributed by atoms with Crippen molar-refractivity contribution < 1.29 is 14.4 Å². The second-order valence-electron chi connectivity index (χ2n) is 6.77. The molecule has 158 valence electrons. The molecular formula is C23H23N5O3. The molecule has 2 aromatic carbocycles. The fourth-order valence-corrected chi connectivity index (χ4v) is 2.78. The van der Waals surface area contributed by atoms with E-state index in [1.807, 2.05) is 6.07 Å². The summed E-state index contributed by atoms with van der Waals surface area (Å²) in [6, 6.07) is 18.4. The number of rotatable bonds is 8. The third kappa shape index (κ3) is 6.48. The van der Waals surface area contributed by atoms with Gasteiger partial charge in [-0.15, -0.1) is 0 Å². The summed E-state index contributed by atoms with van der Waals surface area (Å²) in [5.74, 6) is -0.900. The highest BCUT2D eigenvalue weighted by Crippen LogP contribution is 2.13. The Morgan fingerprint density at radius 1 is 0.806 bits per heavy atom. The molecule has 3 rings (SSSR count). The molecule has 3 aromatic rings. The van der Waals surface area contributed by atoms with Crippen LogP contribution in [0.25, 0.3) is 0 Å². The summed E-state index contributed by atoms with van der Waals surface area (Å²) in [6.07, 6.45) is 3.19. The maximum atomic E-state index is 12.3. The number of aromatic nitrogens is 1. The summed E-state index contributed by atoms with van der Waals surface area (Å²) >= 11 is 0. The summed E-state index contributed by atoms with van der Waals surface area (Å²) in [5.41, 5.74) is 8.53. The van der Waals surface area contributed by atoms with E-state index in [9.17, 15) is 14.4 Å². The summed E-state index contributed by atoms with van der Waals surface area (Å²) < 4.78 is 0. The van der Waals surface area contributed by atoms with Gasteiger partial charge in [0.25, 0.3) is 11.8 Å². The molecule has 0 saturated carbocycles. The standard InChI is InChI=1S/C23H23N5O3/c24-20(14-26-21(29)15-27-22(30)17-4-2-1-3-5-17)16-6-8-18(9-7-16)23(31)28-19-10-12-25-13-11-19/h1-13,20H,14-15,24H2,(H,26,29)(H,27,30)(H,25,28,31). The molecule has 1 heterocycles. The lowest BCUT2D eigenvalue weighted by molar-refractivity contribution is -0.120. The smallest absolute Gasteiger partial charge is 0.255 e. The van der Waals surface area contributed by atoms with Gasteiger partial charge < -0.3 is 21.7 Å². The molecule has 3 amide bonds. The molecular weight excluding hydrogens is 394 g/mol. The Labute approximate surface area is 179 Å². The van der Waals surface area contributed by atoms with E-state index >= 15 is 0 Å². The molecule has 5 N–H and O–H groups in total. The fourth-order valence-electron chi connectivity index (χ4n) is 2.78. The Kier molecular flexibility index (Phi) is 7.45. The molecule has 0 aliphatic heterocycles. The van der Waals surface area contributed by atoms with E-state index < -0.39 is 6.04 Å². The van der Waals surface area contributed by atoms with E-state index in [1.54, 1.807) is 73.1 Å². The number of carbonyl (C=O) groups excluding carboxylic acids is 3. The van der Waals surface area contributed by atoms with Gasteiger partial charge in [0.2, 0.25) is 5.91 Å². The summed E-state index contributed by atoms with van der Waals surface area (Å²) in [6.45, 7) is 0.0527. The van der Waals surface area contributed by atoms with Gasteiger partial charge in [0, 0.05) is 41.8 Å². The van der Waals surface area contributed by atoms with Crippen molar-refractivity contribution in [2.75, 3.05) is 18.4 Å². The lowest BCUT2D eigenvalue weighted by Gasteiger charge is -2.14. The Morgan fingerprint density at radius 3 is 2.13 bits per heavy atom. The Bertz CT molecular complexity index is 1020. The minimum Gasteiger partial charge on any atom is -0.353 e. The van der Waals surface area contributed by atoms with Crippen LogP contribution in [0.5, 0.6) is 0 Å². The molecule has 0 radical (unpaired) electrons. The molecule has 0 aliphatic rings. The number of amides is 3. The summed E-state index contributed by atoms with van der Waals surface area (Å²) in [4.78, 5) is 40.1. The Balaban J connectivity index is 1.44. The van der Waals surface area contributed by atoms with Gasteiger partial charge in [-0.1, -0.05) is 30.3 Å². The second-order valence-corrected chi connectivity index (χ2v) is 6.77. The highest BCUT2D eigenvalue weighted by molar-refractivity contribution is 6.04. The predicted octanol–water partition coefficient (Wildman–Crippen LogP) is 1.88. The molecule has 0 fully saturated rings. The molecule has 0 bridgehead atoms. The zero-order valence-electron chi connectivity index (χ0n) is 16.7. The van der Waals surface area contributed by atoms with Crippen LogP contribution in [0.3, 0.4) is 0 Å². The van der Waals surface area contributed by atoms with E-state index in [4.69, 9.17) is 5.73 Å². The van der Waals surface area contributed by atoms with E-state index in [1.165, 1.54) is 0 Å². The average Bonchev–Trinajstić information content (AvgIpc) is 2.82. The zero-order chi connectivity index (χ0) is 22.1. The maximum Gasteiger partial charge on any atom is 0.255 e. The minimum atomic E-state index is -0.453. The number of nitrogens with two attached hydrogens (primary N) is 1. The quantitative estimate of drug-likeness (QED) is 0.445. The SMILES string of the molecule is NC(CNC(=O)CNC(=O)c1ccccc1)c1ccc(C(=O)Nc2ccncc2)cc1. The number of hydrogen-bond donors (Lipinski definition) is 4. The van der Waals surface area contributed by atoms with Crippen LogP contribution in [-0.2, 0) is 4.79 Å². The van der Waals surface area contributed by atoms with E-state index in [2.05, 4.69) is 20.9 Å². The maximum absolute atomic E-state index is 12.3. The number of nitrogens with zero attached hydrogens (tertiary/aromatic N) is 1. The lowest BCUT2D eigenvalue weighted by Crippen LogP contribution is -2.39. The predicted molar refractivity (Wildman–Crippen MR) is 117 cm³/mol. The van der Waals surface area contributed by atoms with Gasteiger partial charge >= 0.3 is 0 Å². The first kappa shape index (κ1) is 21.7. The van der Waals surface area contributed by atoms with Crippen LogP contribution in [-0.4, -0.2) is 35.8 Å². The van der Waals surface area contributed by atoms with Crippen molar-refractivity contribution in [1.29, 1.82) is 0 Å². The number of benzene rings is 2. The van der Waals surface area contributed by atoms with Gasteiger partial charge in [-0.3, -0.25) is 19.4 Å². The van der Waals surface area contributed by atoms with Crippen molar-refractivity contribution in [2.24, 2.45) is 5.73 Å². The summed E-state index contributed by atoms with van der Waals surface area (Å²) in [7, 11) is 0. The summed E-state index contributed by atoms with van der Waals surface area (Å²) in [5, 5.41) is 8.04. The number of anilines is 1. The zero-order valence-corrected chi connectivity index (χ0v) is 16.7. The van der Waals surface area contributed by atoms with Crippen molar-refractivity contribution in [3.63, 3.8) is 0 Å². The third-order valence-corrected chi connectivity index (χ3v) is 4.50. The largest absolute Gasteiger partial charge is 0.353 e. The highest BCUT2D eigenvalue weighted by atomic mass is 16.2. The Hall–Kier alpha value is -4.04. The average molecular weight is 417 g/mol. The van der Waals surface area contributed by atoms with Gasteiger partial charge in [-0.2, -0.15) is 0 Å². The van der Waals surface area contributed by atoms with Gasteiger partial charge in [0.05, 0.1) is 6.54 Å². The van der Waals surface area contributed by atoms with Crippen LogP contribution in [0.15, 0.2) is 79.1 Å². The van der Waals surface area contributed by atoms with Crippen LogP contribution in [0, 0.1) is 0 Å². The van der Waals surface area contributed by atoms with E-state index in [0.29, 0.717) is 16.8 Å². The number of pyridine rings is 1. The van der Waals surface area contributed by atoms with Crippen molar-refractivity contribution in [1.82, 2.24) is 15.6 Å². The van der Waals surface area contributed by atoms with Crippen LogP contribution in [0.1, 0.15) is 32.3 Å². The number of hydrogen-bond acceptors (Lipinski definition) is 5.